The van der Waals surface area contributed by atoms with E-state index in [-0.39, 0.29) is 10.8 Å². The number of hydrogen-bond acceptors (Lipinski definition) is 6. The topological polar surface area (TPSA) is 87.5 Å². The molecule has 0 aliphatic carbocycles. The average Bonchev–Trinajstić information content (AvgIpc) is 3.27. The molecule has 174 valence electrons. The van der Waals surface area contributed by atoms with Crippen LogP contribution in [0.15, 0.2) is 59.6 Å². The third-order valence-corrected chi connectivity index (χ3v) is 8.09. The zero-order valence-electron chi connectivity index (χ0n) is 18.3. The number of rotatable bonds is 5. The van der Waals surface area contributed by atoms with Crippen LogP contribution in [0.4, 0.5) is 0 Å². The van der Waals surface area contributed by atoms with E-state index in [9.17, 15) is 13.2 Å². The summed E-state index contributed by atoms with van der Waals surface area (Å²) in [5.41, 5.74) is 2.59. The number of amides is 1. The van der Waals surface area contributed by atoms with Crippen molar-refractivity contribution >= 4 is 21.4 Å². The van der Waals surface area contributed by atoms with Crippen LogP contribution in [0.25, 0.3) is 5.52 Å². The Hall–Kier alpha value is -2.79. The fourth-order valence-electron chi connectivity index (χ4n) is 4.29. The van der Waals surface area contributed by atoms with Crippen LogP contribution in [0.5, 0.6) is 0 Å². The maximum Gasteiger partial charge on any atom is 0.253 e. The summed E-state index contributed by atoms with van der Waals surface area (Å²) < 4.78 is 34.1. The first-order valence-electron chi connectivity index (χ1n) is 11.1. The summed E-state index contributed by atoms with van der Waals surface area (Å²) in [5, 5.41) is 4.61. The highest BCUT2D eigenvalue weighted by molar-refractivity contribution is 7.89. The average molecular weight is 470 g/mol. The predicted octanol–water partition coefficient (Wildman–Crippen LogP) is 1.31. The van der Waals surface area contributed by atoms with Crippen molar-refractivity contribution in [1.82, 2.24) is 23.7 Å². The summed E-state index contributed by atoms with van der Waals surface area (Å²) in [6.45, 7) is 5.03. The first-order chi connectivity index (χ1) is 16.0. The Bertz CT molecular complexity index is 1190. The number of nitrogens with zero attached hydrogens (tertiary/aromatic N) is 5. The highest BCUT2D eigenvalue weighted by Crippen LogP contribution is 2.19. The van der Waals surface area contributed by atoms with E-state index in [0.717, 1.165) is 30.8 Å². The van der Waals surface area contributed by atoms with Crippen molar-refractivity contribution in [3.05, 3.63) is 66.0 Å². The maximum atomic E-state index is 13.0. The SMILES string of the molecule is O=C(c1ccc(S(=O)(=O)N2CCOCC2)cc1)N1CCN(Cc2cc3ccccn3n2)CC1. The molecule has 5 rings (SSSR count). The summed E-state index contributed by atoms with van der Waals surface area (Å²) >= 11 is 0. The van der Waals surface area contributed by atoms with Crippen molar-refractivity contribution < 1.29 is 17.9 Å². The van der Waals surface area contributed by atoms with Crippen LogP contribution in [0.2, 0.25) is 0 Å². The lowest BCUT2D eigenvalue weighted by Crippen LogP contribution is -2.48. The molecule has 2 fully saturated rings. The Labute approximate surface area is 193 Å². The van der Waals surface area contributed by atoms with Crippen molar-refractivity contribution in [3.63, 3.8) is 0 Å². The first-order valence-corrected chi connectivity index (χ1v) is 12.6. The van der Waals surface area contributed by atoms with Gasteiger partial charge in [-0.25, -0.2) is 12.9 Å². The van der Waals surface area contributed by atoms with E-state index >= 15 is 0 Å². The largest absolute Gasteiger partial charge is 0.379 e. The van der Waals surface area contributed by atoms with Crippen LogP contribution >= 0.6 is 0 Å². The molecule has 0 atom stereocenters. The number of aromatic nitrogens is 2. The van der Waals surface area contributed by atoms with Crippen molar-refractivity contribution in [2.45, 2.75) is 11.4 Å². The van der Waals surface area contributed by atoms with Gasteiger partial charge in [0.05, 0.1) is 29.3 Å². The molecule has 2 aliphatic rings. The summed E-state index contributed by atoms with van der Waals surface area (Å²) in [7, 11) is -3.56. The number of fused-ring (bicyclic) bond motifs is 1. The summed E-state index contributed by atoms with van der Waals surface area (Å²) in [4.78, 5) is 17.3. The number of piperazine rings is 1. The molecule has 3 aromatic rings. The fraction of sp³-hybridized carbons (Fsp3) is 0.391. The zero-order chi connectivity index (χ0) is 22.8. The number of carbonyl (C=O) groups is 1. The second kappa shape index (κ2) is 9.22. The molecule has 1 aromatic carbocycles. The summed E-state index contributed by atoms with van der Waals surface area (Å²) in [6.07, 6.45) is 1.94. The van der Waals surface area contributed by atoms with Gasteiger partial charge < -0.3 is 9.64 Å². The highest BCUT2D eigenvalue weighted by atomic mass is 32.2. The van der Waals surface area contributed by atoms with Gasteiger partial charge >= 0.3 is 0 Å². The molecule has 33 heavy (non-hydrogen) atoms. The molecule has 0 radical (unpaired) electrons. The van der Waals surface area contributed by atoms with Gasteiger partial charge in [-0.15, -0.1) is 0 Å². The molecule has 0 spiro atoms. The molecule has 0 bridgehead atoms. The van der Waals surface area contributed by atoms with E-state index in [4.69, 9.17) is 4.74 Å². The number of sulfonamides is 1. The highest BCUT2D eigenvalue weighted by Gasteiger charge is 2.27. The molecule has 2 aliphatic heterocycles. The Balaban J connectivity index is 1.18. The zero-order valence-corrected chi connectivity index (χ0v) is 19.2. The first kappa shape index (κ1) is 22.0. The monoisotopic (exact) mass is 469 g/mol. The number of hydrogen-bond donors (Lipinski definition) is 0. The molecule has 10 heteroatoms. The van der Waals surface area contributed by atoms with Crippen LogP contribution in [-0.2, 0) is 21.3 Å². The molecule has 4 heterocycles. The molecule has 0 N–H and O–H groups in total. The van der Waals surface area contributed by atoms with Crippen LogP contribution in [0.1, 0.15) is 16.1 Å². The van der Waals surface area contributed by atoms with Gasteiger partial charge in [-0.05, 0) is 42.5 Å². The second-order valence-corrected chi connectivity index (χ2v) is 10.3. The third-order valence-electron chi connectivity index (χ3n) is 6.17. The van der Waals surface area contributed by atoms with E-state index in [1.54, 1.807) is 12.1 Å². The maximum absolute atomic E-state index is 13.0. The Morgan fingerprint density at radius 3 is 2.36 bits per heavy atom. The molecule has 0 saturated carbocycles. The van der Waals surface area contributed by atoms with E-state index in [2.05, 4.69) is 16.1 Å². The van der Waals surface area contributed by atoms with Gasteiger partial charge in [0.1, 0.15) is 0 Å². The van der Waals surface area contributed by atoms with Crippen LogP contribution in [-0.4, -0.2) is 90.5 Å². The quantitative estimate of drug-likeness (QED) is 0.560. The standard InChI is InChI=1S/C23H27N5O4S/c29-23(19-4-6-22(7-5-19)33(30,31)27-13-15-32-16-14-27)26-11-9-25(10-12-26)18-20-17-21-3-1-2-8-28(21)24-20/h1-8,17H,9-16,18H2. The van der Waals surface area contributed by atoms with Crippen LogP contribution in [0.3, 0.4) is 0 Å². The van der Waals surface area contributed by atoms with Crippen molar-refractivity contribution in [2.75, 3.05) is 52.5 Å². The molecular formula is C23H27N5O4S. The van der Waals surface area contributed by atoms with E-state index in [1.165, 1.54) is 16.4 Å². The van der Waals surface area contributed by atoms with Crippen molar-refractivity contribution in [1.29, 1.82) is 0 Å². The number of pyridine rings is 1. The van der Waals surface area contributed by atoms with E-state index in [1.807, 2.05) is 33.8 Å². The normalized spacial score (nSPS) is 18.6. The lowest BCUT2D eigenvalue weighted by Gasteiger charge is -2.34. The van der Waals surface area contributed by atoms with Gasteiger partial charge in [-0.2, -0.15) is 9.40 Å². The van der Waals surface area contributed by atoms with Crippen LogP contribution in [0, 0.1) is 0 Å². The minimum atomic E-state index is -3.56. The number of benzene rings is 1. The van der Waals surface area contributed by atoms with E-state index < -0.39 is 10.0 Å². The number of ether oxygens (including phenoxy) is 1. The molecule has 2 aromatic heterocycles. The van der Waals surface area contributed by atoms with Gasteiger partial charge in [-0.1, -0.05) is 6.07 Å². The number of morpholine rings is 1. The lowest BCUT2D eigenvalue weighted by molar-refractivity contribution is 0.0627. The second-order valence-electron chi connectivity index (χ2n) is 8.31. The smallest absolute Gasteiger partial charge is 0.253 e. The van der Waals surface area contributed by atoms with Crippen molar-refractivity contribution in [3.8, 4) is 0 Å². The molecule has 1 amide bonds. The van der Waals surface area contributed by atoms with Gasteiger partial charge in [0.15, 0.2) is 0 Å². The fourth-order valence-corrected chi connectivity index (χ4v) is 5.70. The Morgan fingerprint density at radius 2 is 1.67 bits per heavy atom. The van der Waals surface area contributed by atoms with Crippen LogP contribution < -0.4 is 0 Å². The Kier molecular flexibility index (Phi) is 6.15. The molecule has 2 saturated heterocycles. The van der Waals surface area contributed by atoms with Crippen molar-refractivity contribution in [2.24, 2.45) is 0 Å². The van der Waals surface area contributed by atoms with Gasteiger partial charge in [0.25, 0.3) is 5.91 Å². The Morgan fingerprint density at radius 1 is 0.939 bits per heavy atom. The van der Waals surface area contributed by atoms with Gasteiger partial charge in [0.2, 0.25) is 10.0 Å². The lowest BCUT2D eigenvalue weighted by atomic mass is 10.2. The van der Waals surface area contributed by atoms with Gasteiger partial charge in [0, 0.05) is 57.6 Å². The minimum absolute atomic E-state index is 0.0716. The summed E-state index contributed by atoms with van der Waals surface area (Å²) in [6, 6.07) is 14.3. The van der Waals surface area contributed by atoms with E-state index in [0.29, 0.717) is 45.0 Å². The molecule has 9 nitrogen and oxygen atoms in total. The third kappa shape index (κ3) is 4.65. The van der Waals surface area contributed by atoms with Gasteiger partial charge in [-0.3, -0.25) is 9.69 Å². The number of carbonyl (C=O) groups excluding carboxylic acids is 1. The minimum Gasteiger partial charge on any atom is -0.379 e. The molecule has 0 unspecified atom stereocenters. The predicted molar refractivity (Wildman–Crippen MR) is 122 cm³/mol. The summed E-state index contributed by atoms with van der Waals surface area (Å²) in [5.74, 6) is -0.0716. The molecular weight excluding hydrogens is 442 g/mol.